The summed E-state index contributed by atoms with van der Waals surface area (Å²) in [5.41, 5.74) is 0.216. The second-order valence-corrected chi connectivity index (χ2v) is 7.76. The summed E-state index contributed by atoms with van der Waals surface area (Å²) in [5.74, 6) is -0.510. The minimum absolute atomic E-state index is 0.0897. The van der Waals surface area contributed by atoms with Crippen molar-refractivity contribution >= 4 is 17.7 Å². The zero-order valence-electron chi connectivity index (χ0n) is 19.3. The van der Waals surface area contributed by atoms with E-state index < -0.39 is 24.0 Å². The third-order valence-corrected chi connectivity index (χ3v) is 4.89. The molecule has 0 bridgehead atoms. The SMILES string of the molecule is CCOc1ccc(C(=O)c2ccccc2C(=O)OCC(=O)NC(C)(C)CC)cc1OCC. The summed E-state index contributed by atoms with van der Waals surface area (Å²) >= 11 is 0. The van der Waals surface area contributed by atoms with E-state index in [1.807, 2.05) is 34.6 Å². The van der Waals surface area contributed by atoms with Crippen molar-refractivity contribution < 1.29 is 28.6 Å². The molecular weight excluding hydrogens is 410 g/mol. The molecule has 0 fully saturated rings. The van der Waals surface area contributed by atoms with Gasteiger partial charge in [0.1, 0.15) is 0 Å². The van der Waals surface area contributed by atoms with Gasteiger partial charge in [-0.15, -0.1) is 0 Å². The number of carbonyl (C=O) groups is 3. The molecule has 1 N–H and O–H groups in total. The average molecular weight is 442 g/mol. The molecule has 0 unspecified atom stereocenters. The second kappa shape index (κ2) is 11.3. The maximum Gasteiger partial charge on any atom is 0.339 e. The summed E-state index contributed by atoms with van der Waals surface area (Å²) in [6.07, 6.45) is 0.732. The van der Waals surface area contributed by atoms with E-state index in [2.05, 4.69) is 5.32 Å². The maximum atomic E-state index is 13.2. The standard InChI is InChI=1S/C25H31NO6/c1-6-25(4,5)26-22(27)16-32-24(29)19-12-10-9-11-18(19)23(28)17-13-14-20(30-7-2)21(15-17)31-8-3/h9-15H,6-8,16H2,1-5H3,(H,26,27). The first-order chi connectivity index (χ1) is 15.2. The smallest absolute Gasteiger partial charge is 0.339 e. The van der Waals surface area contributed by atoms with Crippen LogP contribution in [0.4, 0.5) is 0 Å². The van der Waals surface area contributed by atoms with Crippen LogP contribution in [0.2, 0.25) is 0 Å². The third-order valence-electron chi connectivity index (χ3n) is 4.89. The predicted molar refractivity (Wildman–Crippen MR) is 121 cm³/mol. The van der Waals surface area contributed by atoms with E-state index in [1.54, 1.807) is 36.4 Å². The topological polar surface area (TPSA) is 90.9 Å². The fourth-order valence-corrected chi connectivity index (χ4v) is 2.92. The lowest BCUT2D eigenvalue weighted by Crippen LogP contribution is -2.44. The van der Waals surface area contributed by atoms with Crippen LogP contribution in [0.15, 0.2) is 42.5 Å². The van der Waals surface area contributed by atoms with Gasteiger partial charge in [-0.1, -0.05) is 25.1 Å². The number of benzene rings is 2. The molecule has 2 rings (SSSR count). The number of rotatable bonds is 11. The summed E-state index contributed by atoms with van der Waals surface area (Å²) in [6.45, 7) is 9.87. The van der Waals surface area contributed by atoms with Gasteiger partial charge < -0.3 is 19.5 Å². The largest absolute Gasteiger partial charge is 0.490 e. The molecule has 0 atom stereocenters. The van der Waals surface area contributed by atoms with Crippen LogP contribution in [0, 0.1) is 0 Å². The van der Waals surface area contributed by atoms with Gasteiger partial charge in [0.25, 0.3) is 5.91 Å². The molecule has 0 aliphatic carbocycles. The highest BCUT2D eigenvalue weighted by atomic mass is 16.5. The molecule has 0 aliphatic heterocycles. The molecule has 0 spiro atoms. The van der Waals surface area contributed by atoms with Gasteiger partial charge >= 0.3 is 5.97 Å². The lowest BCUT2D eigenvalue weighted by atomic mass is 9.98. The molecule has 32 heavy (non-hydrogen) atoms. The average Bonchev–Trinajstić information content (AvgIpc) is 2.78. The molecule has 0 heterocycles. The first-order valence-corrected chi connectivity index (χ1v) is 10.7. The number of hydrogen-bond donors (Lipinski definition) is 1. The number of hydrogen-bond acceptors (Lipinski definition) is 6. The van der Waals surface area contributed by atoms with E-state index in [0.717, 1.165) is 6.42 Å². The van der Waals surface area contributed by atoms with Crippen molar-refractivity contribution in [1.82, 2.24) is 5.32 Å². The summed E-state index contributed by atoms with van der Waals surface area (Å²) < 4.78 is 16.3. The van der Waals surface area contributed by atoms with Crippen LogP contribution in [0.3, 0.4) is 0 Å². The Hall–Kier alpha value is -3.35. The van der Waals surface area contributed by atoms with Crippen molar-refractivity contribution in [1.29, 1.82) is 0 Å². The normalized spacial score (nSPS) is 10.9. The first kappa shape index (κ1) is 24.9. The molecular formula is C25H31NO6. The Morgan fingerprint density at radius 3 is 2.12 bits per heavy atom. The van der Waals surface area contributed by atoms with Crippen molar-refractivity contribution in [3.63, 3.8) is 0 Å². The summed E-state index contributed by atoms with van der Waals surface area (Å²) in [7, 11) is 0. The second-order valence-electron chi connectivity index (χ2n) is 7.76. The number of amides is 1. The third kappa shape index (κ3) is 6.57. The van der Waals surface area contributed by atoms with E-state index >= 15 is 0 Å². The molecule has 2 aromatic carbocycles. The van der Waals surface area contributed by atoms with Crippen LogP contribution in [0.25, 0.3) is 0 Å². The van der Waals surface area contributed by atoms with Gasteiger partial charge in [-0.25, -0.2) is 4.79 Å². The molecule has 0 radical (unpaired) electrons. The lowest BCUT2D eigenvalue weighted by Gasteiger charge is -2.24. The maximum absolute atomic E-state index is 13.2. The number of esters is 1. The zero-order chi connectivity index (χ0) is 23.7. The molecule has 0 aliphatic rings. The van der Waals surface area contributed by atoms with E-state index in [9.17, 15) is 14.4 Å². The van der Waals surface area contributed by atoms with Crippen LogP contribution >= 0.6 is 0 Å². The highest BCUT2D eigenvalue weighted by Crippen LogP contribution is 2.30. The van der Waals surface area contributed by atoms with Crippen LogP contribution in [-0.4, -0.2) is 43.0 Å². The summed E-state index contributed by atoms with van der Waals surface area (Å²) in [4.78, 5) is 37.9. The molecule has 7 heteroatoms. The molecule has 7 nitrogen and oxygen atoms in total. The van der Waals surface area contributed by atoms with Gasteiger partial charge in [-0.2, -0.15) is 0 Å². The lowest BCUT2D eigenvalue weighted by molar-refractivity contribution is -0.125. The minimum atomic E-state index is -0.741. The quantitative estimate of drug-likeness (QED) is 0.416. The molecule has 172 valence electrons. The zero-order valence-corrected chi connectivity index (χ0v) is 19.3. The van der Waals surface area contributed by atoms with E-state index in [1.165, 1.54) is 6.07 Å². The summed E-state index contributed by atoms with van der Waals surface area (Å²) in [6, 6.07) is 11.2. The summed E-state index contributed by atoms with van der Waals surface area (Å²) in [5, 5.41) is 2.80. The molecule has 0 saturated carbocycles. The number of carbonyl (C=O) groups excluding carboxylic acids is 3. The van der Waals surface area contributed by atoms with Crippen molar-refractivity contribution in [2.45, 2.75) is 46.6 Å². The predicted octanol–water partition coefficient (Wildman–Crippen LogP) is 4.18. The van der Waals surface area contributed by atoms with Crippen molar-refractivity contribution in [2.75, 3.05) is 19.8 Å². The Morgan fingerprint density at radius 1 is 0.875 bits per heavy atom. The van der Waals surface area contributed by atoms with Gasteiger partial charge in [-0.3, -0.25) is 9.59 Å². The van der Waals surface area contributed by atoms with Gasteiger partial charge in [0.15, 0.2) is 23.9 Å². The fourth-order valence-electron chi connectivity index (χ4n) is 2.92. The van der Waals surface area contributed by atoms with Gasteiger partial charge in [0, 0.05) is 16.7 Å². The van der Waals surface area contributed by atoms with Crippen molar-refractivity contribution in [3.05, 3.63) is 59.2 Å². The van der Waals surface area contributed by atoms with Gasteiger partial charge in [0.05, 0.1) is 18.8 Å². The Balaban J connectivity index is 2.22. The monoisotopic (exact) mass is 441 g/mol. The first-order valence-electron chi connectivity index (χ1n) is 10.7. The number of ketones is 1. The van der Waals surface area contributed by atoms with E-state index in [4.69, 9.17) is 14.2 Å². The van der Waals surface area contributed by atoms with Crippen molar-refractivity contribution in [3.8, 4) is 11.5 Å². The van der Waals surface area contributed by atoms with Gasteiger partial charge in [-0.05, 0) is 58.4 Å². The molecule has 0 aromatic heterocycles. The van der Waals surface area contributed by atoms with Gasteiger partial charge in [0.2, 0.25) is 0 Å². The fraction of sp³-hybridized carbons (Fsp3) is 0.400. The molecule has 1 amide bonds. The van der Waals surface area contributed by atoms with Crippen LogP contribution in [0.5, 0.6) is 11.5 Å². The van der Waals surface area contributed by atoms with Crippen LogP contribution < -0.4 is 14.8 Å². The highest BCUT2D eigenvalue weighted by molar-refractivity contribution is 6.14. The van der Waals surface area contributed by atoms with Crippen LogP contribution in [0.1, 0.15) is 67.3 Å². The molecule has 0 saturated heterocycles. The Labute approximate surface area is 189 Å². The van der Waals surface area contributed by atoms with E-state index in [-0.39, 0.29) is 16.9 Å². The number of ether oxygens (including phenoxy) is 3. The Kier molecular flexibility index (Phi) is 8.81. The Bertz CT molecular complexity index is 967. The van der Waals surface area contributed by atoms with Crippen LogP contribution in [-0.2, 0) is 9.53 Å². The Morgan fingerprint density at radius 2 is 1.50 bits per heavy atom. The molecule has 2 aromatic rings. The van der Waals surface area contributed by atoms with Crippen molar-refractivity contribution in [2.24, 2.45) is 0 Å². The van der Waals surface area contributed by atoms with E-state index in [0.29, 0.717) is 30.3 Å². The minimum Gasteiger partial charge on any atom is -0.490 e. The highest BCUT2D eigenvalue weighted by Gasteiger charge is 2.23. The number of nitrogens with one attached hydrogen (secondary N) is 1.